The molecule has 1 aromatic carbocycles. The fourth-order valence-electron chi connectivity index (χ4n) is 3.03. The highest BCUT2D eigenvalue weighted by molar-refractivity contribution is 6.10. The van der Waals surface area contributed by atoms with Crippen LogP contribution in [0.4, 0.5) is 16.3 Å². The Kier molecular flexibility index (Phi) is 5.40. The summed E-state index contributed by atoms with van der Waals surface area (Å²) in [7, 11) is 5.26. The molecular formula is C20H23N5O4. The maximum Gasteiger partial charge on any atom is 0.325 e. The number of rotatable bonds is 6. The van der Waals surface area contributed by atoms with Crippen molar-refractivity contribution in [3.63, 3.8) is 0 Å². The van der Waals surface area contributed by atoms with Crippen LogP contribution in [0.15, 0.2) is 42.6 Å². The van der Waals surface area contributed by atoms with Crippen LogP contribution in [-0.4, -0.2) is 55.5 Å². The number of nitrogens with one attached hydrogen (secondary N) is 2. The molecule has 0 spiro atoms. The van der Waals surface area contributed by atoms with E-state index in [1.54, 1.807) is 50.4 Å². The molecule has 1 aliphatic heterocycles. The van der Waals surface area contributed by atoms with Crippen molar-refractivity contribution in [2.45, 2.75) is 12.5 Å². The SMILES string of the molecule is COc1ccc(C2(C)NC(=O)N(CC(=O)Nc3ccc(N(C)C)nc3)C2=O)cc1. The predicted molar refractivity (Wildman–Crippen MR) is 108 cm³/mol. The van der Waals surface area contributed by atoms with Crippen molar-refractivity contribution < 1.29 is 19.1 Å². The van der Waals surface area contributed by atoms with Crippen LogP contribution in [0.3, 0.4) is 0 Å². The van der Waals surface area contributed by atoms with Crippen molar-refractivity contribution >= 4 is 29.4 Å². The van der Waals surface area contributed by atoms with E-state index in [0.29, 0.717) is 17.0 Å². The van der Waals surface area contributed by atoms with Crippen LogP contribution in [0, 0.1) is 0 Å². The first kappa shape index (κ1) is 20.1. The van der Waals surface area contributed by atoms with Gasteiger partial charge in [0.2, 0.25) is 5.91 Å². The predicted octanol–water partition coefficient (Wildman–Crippen LogP) is 1.56. The second-order valence-corrected chi connectivity index (χ2v) is 7.02. The third kappa shape index (κ3) is 3.98. The molecular weight excluding hydrogens is 374 g/mol. The zero-order valence-electron chi connectivity index (χ0n) is 16.7. The number of pyridine rings is 1. The molecule has 1 aromatic heterocycles. The van der Waals surface area contributed by atoms with E-state index in [2.05, 4.69) is 15.6 Å². The Balaban J connectivity index is 1.69. The lowest BCUT2D eigenvalue weighted by atomic mass is 9.92. The summed E-state index contributed by atoms with van der Waals surface area (Å²) in [6.07, 6.45) is 1.51. The molecule has 4 amide bonds. The second-order valence-electron chi connectivity index (χ2n) is 7.02. The van der Waals surface area contributed by atoms with E-state index < -0.39 is 29.9 Å². The maximum atomic E-state index is 12.9. The van der Waals surface area contributed by atoms with Crippen LogP contribution in [0.2, 0.25) is 0 Å². The number of carbonyl (C=O) groups is 3. The number of hydrogen-bond acceptors (Lipinski definition) is 6. The average Bonchev–Trinajstić information content (AvgIpc) is 2.92. The lowest BCUT2D eigenvalue weighted by molar-refractivity contribution is -0.133. The van der Waals surface area contributed by atoms with E-state index in [1.807, 2.05) is 19.0 Å². The molecule has 1 saturated heterocycles. The molecule has 1 fully saturated rings. The lowest BCUT2D eigenvalue weighted by Gasteiger charge is -2.22. The number of benzene rings is 1. The quantitative estimate of drug-likeness (QED) is 0.717. The molecule has 3 rings (SSSR count). The van der Waals surface area contributed by atoms with Gasteiger partial charge < -0.3 is 20.3 Å². The van der Waals surface area contributed by atoms with Crippen molar-refractivity contribution in [3.05, 3.63) is 48.2 Å². The molecule has 1 aliphatic rings. The van der Waals surface area contributed by atoms with Gasteiger partial charge in [0.1, 0.15) is 23.7 Å². The minimum atomic E-state index is -1.25. The highest BCUT2D eigenvalue weighted by Crippen LogP contribution is 2.30. The average molecular weight is 397 g/mol. The normalized spacial score (nSPS) is 18.4. The molecule has 9 nitrogen and oxygen atoms in total. The Morgan fingerprint density at radius 1 is 1.21 bits per heavy atom. The van der Waals surface area contributed by atoms with Gasteiger partial charge in [-0.05, 0) is 36.8 Å². The zero-order valence-corrected chi connectivity index (χ0v) is 16.7. The summed E-state index contributed by atoms with van der Waals surface area (Å²) in [5, 5.41) is 5.32. The summed E-state index contributed by atoms with van der Waals surface area (Å²) in [4.78, 5) is 44.6. The van der Waals surface area contributed by atoms with E-state index in [1.165, 1.54) is 6.20 Å². The van der Waals surface area contributed by atoms with Crippen LogP contribution in [0.5, 0.6) is 5.75 Å². The first-order valence-electron chi connectivity index (χ1n) is 8.96. The number of carbonyl (C=O) groups excluding carboxylic acids is 3. The van der Waals surface area contributed by atoms with Gasteiger partial charge in [-0.1, -0.05) is 12.1 Å². The first-order chi connectivity index (χ1) is 13.7. The molecule has 0 bridgehead atoms. The van der Waals surface area contributed by atoms with Gasteiger partial charge in [-0.25, -0.2) is 9.78 Å². The molecule has 2 aromatic rings. The first-order valence-corrected chi connectivity index (χ1v) is 8.96. The molecule has 2 N–H and O–H groups in total. The van der Waals surface area contributed by atoms with Crippen molar-refractivity contribution in [1.29, 1.82) is 0 Å². The number of hydrogen-bond donors (Lipinski definition) is 2. The lowest BCUT2D eigenvalue weighted by Crippen LogP contribution is -2.42. The standard InChI is InChI=1S/C20H23N5O4/c1-20(13-5-8-15(29-4)9-6-13)18(27)25(19(28)23-20)12-17(26)22-14-7-10-16(21-11-14)24(2)3/h5-11H,12H2,1-4H3,(H,22,26)(H,23,28). The minimum absolute atomic E-state index is 0.397. The Morgan fingerprint density at radius 2 is 1.90 bits per heavy atom. The molecule has 152 valence electrons. The third-order valence-corrected chi connectivity index (χ3v) is 4.73. The summed E-state index contributed by atoms with van der Waals surface area (Å²) in [5.74, 6) is 0.391. The van der Waals surface area contributed by atoms with Crippen LogP contribution in [0.25, 0.3) is 0 Å². The van der Waals surface area contributed by atoms with Crippen molar-refractivity contribution in [3.8, 4) is 5.75 Å². The largest absolute Gasteiger partial charge is 0.497 e. The smallest absolute Gasteiger partial charge is 0.325 e. The van der Waals surface area contributed by atoms with Crippen molar-refractivity contribution in [2.24, 2.45) is 0 Å². The van der Waals surface area contributed by atoms with Crippen molar-refractivity contribution in [1.82, 2.24) is 15.2 Å². The maximum absolute atomic E-state index is 12.9. The fourth-order valence-corrected chi connectivity index (χ4v) is 3.03. The van der Waals surface area contributed by atoms with Crippen LogP contribution in [0.1, 0.15) is 12.5 Å². The Hall–Kier alpha value is -3.62. The molecule has 29 heavy (non-hydrogen) atoms. The second kappa shape index (κ2) is 7.78. The summed E-state index contributed by atoms with van der Waals surface area (Å²) in [5.41, 5.74) is -0.174. The van der Waals surface area contributed by atoms with Gasteiger partial charge in [-0.15, -0.1) is 0 Å². The Bertz CT molecular complexity index is 927. The summed E-state index contributed by atoms with van der Waals surface area (Å²) in [6.45, 7) is 1.21. The molecule has 0 aliphatic carbocycles. The summed E-state index contributed by atoms with van der Waals surface area (Å²) in [6, 6.07) is 9.67. The number of urea groups is 1. The van der Waals surface area contributed by atoms with E-state index >= 15 is 0 Å². The van der Waals surface area contributed by atoms with Gasteiger partial charge in [0.05, 0.1) is 19.0 Å². The third-order valence-electron chi connectivity index (χ3n) is 4.73. The highest BCUT2D eigenvalue weighted by atomic mass is 16.5. The van der Waals surface area contributed by atoms with Gasteiger partial charge >= 0.3 is 6.03 Å². The van der Waals surface area contributed by atoms with Gasteiger partial charge in [0, 0.05) is 14.1 Å². The number of nitrogens with zero attached hydrogens (tertiary/aromatic N) is 3. The van der Waals surface area contributed by atoms with Crippen molar-refractivity contribution in [2.75, 3.05) is 38.0 Å². The van der Waals surface area contributed by atoms with Gasteiger partial charge in [-0.3, -0.25) is 14.5 Å². The monoisotopic (exact) mass is 397 g/mol. The molecule has 1 unspecified atom stereocenters. The minimum Gasteiger partial charge on any atom is -0.497 e. The van der Waals surface area contributed by atoms with Crippen LogP contribution >= 0.6 is 0 Å². The number of ether oxygens (including phenoxy) is 1. The summed E-state index contributed by atoms with van der Waals surface area (Å²) >= 11 is 0. The number of anilines is 2. The highest BCUT2D eigenvalue weighted by Gasteiger charge is 2.49. The topological polar surface area (TPSA) is 104 Å². The number of amides is 4. The van der Waals surface area contributed by atoms with E-state index in [9.17, 15) is 14.4 Å². The number of methoxy groups -OCH3 is 1. The fraction of sp³-hybridized carbons (Fsp3) is 0.300. The Morgan fingerprint density at radius 3 is 2.45 bits per heavy atom. The number of imide groups is 1. The van der Waals surface area contributed by atoms with Crippen LogP contribution in [-0.2, 0) is 15.1 Å². The van der Waals surface area contributed by atoms with Crippen LogP contribution < -0.4 is 20.3 Å². The van der Waals surface area contributed by atoms with Gasteiger partial charge in [-0.2, -0.15) is 0 Å². The van der Waals surface area contributed by atoms with E-state index in [0.717, 1.165) is 10.7 Å². The molecule has 1 atom stereocenters. The van der Waals surface area contributed by atoms with E-state index in [-0.39, 0.29) is 0 Å². The molecule has 2 heterocycles. The Labute approximate surface area is 168 Å². The molecule has 0 radical (unpaired) electrons. The summed E-state index contributed by atoms with van der Waals surface area (Å²) < 4.78 is 5.12. The van der Waals surface area contributed by atoms with Gasteiger partial charge in [0.15, 0.2) is 0 Å². The molecule has 0 saturated carbocycles. The number of aromatic nitrogens is 1. The molecule has 9 heteroatoms. The van der Waals surface area contributed by atoms with E-state index in [4.69, 9.17) is 4.74 Å². The zero-order chi connectivity index (χ0) is 21.2. The van der Waals surface area contributed by atoms with Gasteiger partial charge in [0.25, 0.3) is 5.91 Å².